The van der Waals surface area contributed by atoms with Gasteiger partial charge in [0.1, 0.15) is 0 Å². The molecule has 0 aliphatic rings. The van der Waals surface area contributed by atoms with Crippen LogP contribution in [0.2, 0.25) is 0 Å². The molecule has 0 amide bonds. The van der Waals surface area contributed by atoms with Crippen LogP contribution in [0.25, 0.3) is 11.3 Å². The van der Waals surface area contributed by atoms with E-state index in [0.717, 1.165) is 21.4 Å². The van der Waals surface area contributed by atoms with E-state index in [-0.39, 0.29) is 0 Å². The van der Waals surface area contributed by atoms with Crippen molar-refractivity contribution in [2.75, 3.05) is 5.73 Å². The van der Waals surface area contributed by atoms with Crippen LogP contribution in [0, 0.1) is 0 Å². The minimum absolute atomic E-state index is 0.752. The van der Waals surface area contributed by atoms with E-state index in [1.807, 2.05) is 36.4 Å². The second-order valence-electron chi connectivity index (χ2n) is 2.95. The molecule has 2 rings (SSSR count). The van der Waals surface area contributed by atoms with Crippen LogP contribution in [0.4, 0.5) is 5.69 Å². The zero-order valence-electron chi connectivity index (χ0n) is 7.44. The van der Waals surface area contributed by atoms with Gasteiger partial charge in [0, 0.05) is 21.9 Å². The zero-order chi connectivity index (χ0) is 9.97. The molecule has 0 aliphatic carbocycles. The van der Waals surface area contributed by atoms with Gasteiger partial charge in [-0.3, -0.25) is 4.98 Å². The Morgan fingerprint density at radius 3 is 2.50 bits per heavy atom. The molecule has 3 heteroatoms. The maximum absolute atomic E-state index is 5.84. The Morgan fingerprint density at radius 2 is 1.86 bits per heavy atom. The van der Waals surface area contributed by atoms with Crippen LogP contribution in [-0.4, -0.2) is 4.98 Å². The van der Waals surface area contributed by atoms with Crippen LogP contribution in [0.1, 0.15) is 0 Å². The predicted octanol–water partition coefficient (Wildman–Crippen LogP) is 3.09. The first kappa shape index (κ1) is 9.21. The van der Waals surface area contributed by atoms with Gasteiger partial charge in [-0.25, -0.2) is 0 Å². The van der Waals surface area contributed by atoms with Crippen molar-refractivity contribution in [3.8, 4) is 11.3 Å². The summed E-state index contributed by atoms with van der Waals surface area (Å²) in [6, 6.07) is 11.6. The molecule has 0 aliphatic heterocycles. The van der Waals surface area contributed by atoms with Crippen molar-refractivity contribution >= 4 is 21.6 Å². The molecule has 1 aromatic heterocycles. The van der Waals surface area contributed by atoms with Crippen molar-refractivity contribution in [1.82, 2.24) is 4.98 Å². The lowest BCUT2D eigenvalue weighted by Gasteiger charge is -2.03. The Kier molecular flexibility index (Phi) is 2.50. The number of hydrogen-bond acceptors (Lipinski definition) is 2. The number of benzene rings is 1. The summed E-state index contributed by atoms with van der Waals surface area (Å²) in [6.07, 6.45) is 1.77. The van der Waals surface area contributed by atoms with Crippen molar-refractivity contribution in [3.05, 3.63) is 47.1 Å². The lowest BCUT2D eigenvalue weighted by atomic mass is 10.1. The van der Waals surface area contributed by atoms with Crippen LogP contribution >= 0.6 is 15.9 Å². The SMILES string of the molecule is Nc1ccccc1-c1ccc(Br)cn1. The Morgan fingerprint density at radius 1 is 1.07 bits per heavy atom. The smallest absolute Gasteiger partial charge is 0.0723 e. The van der Waals surface area contributed by atoms with E-state index in [0.29, 0.717) is 0 Å². The highest BCUT2D eigenvalue weighted by atomic mass is 79.9. The average Bonchev–Trinajstić information content (AvgIpc) is 2.20. The quantitative estimate of drug-likeness (QED) is 0.788. The number of nitrogen functional groups attached to an aromatic ring is 1. The van der Waals surface area contributed by atoms with Crippen LogP contribution in [0.3, 0.4) is 0 Å². The lowest BCUT2D eigenvalue weighted by Crippen LogP contribution is -1.90. The molecule has 0 bridgehead atoms. The Hall–Kier alpha value is -1.35. The fourth-order valence-electron chi connectivity index (χ4n) is 1.27. The van der Waals surface area contributed by atoms with Crippen molar-refractivity contribution < 1.29 is 0 Å². The molecule has 0 fully saturated rings. The van der Waals surface area contributed by atoms with Crippen molar-refractivity contribution in [2.45, 2.75) is 0 Å². The number of aromatic nitrogens is 1. The van der Waals surface area contributed by atoms with Gasteiger partial charge in [-0.1, -0.05) is 18.2 Å². The molecule has 0 spiro atoms. The van der Waals surface area contributed by atoms with Gasteiger partial charge in [-0.15, -0.1) is 0 Å². The molecular formula is C11H9BrN2. The molecule has 0 unspecified atom stereocenters. The highest BCUT2D eigenvalue weighted by Gasteiger charge is 2.01. The standard InChI is InChI=1S/C11H9BrN2/c12-8-5-6-11(14-7-8)9-3-1-2-4-10(9)13/h1-7H,13H2. The number of nitrogens with two attached hydrogens (primary N) is 1. The van der Waals surface area contributed by atoms with Gasteiger partial charge in [0.25, 0.3) is 0 Å². The van der Waals surface area contributed by atoms with Gasteiger partial charge in [-0.05, 0) is 34.1 Å². The monoisotopic (exact) mass is 248 g/mol. The maximum atomic E-state index is 5.84. The zero-order valence-corrected chi connectivity index (χ0v) is 9.03. The van der Waals surface area contributed by atoms with Gasteiger partial charge in [0.15, 0.2) is 0 Å². The average molecular weight is 249 g/mol. The molecule has 0 saturated heterocycles. The molecule has 2 N–H and O–H groups in total. The Balaban J connectivity index is 2.50. The summed E-state index contributed by atoms with van der Waals surface area (Å²) >= 11 is 3.34. The van der Waals surface area contributed by atoms with Gasteiger partial charge in [0.2, 0.25) is 0 Å². The molecule has 70 valence electrons. The predicted molar refractivity (Wildman–Crippen MR) is 61.8 cm³/mol. The van der Waals surface area contributed by atoms with Crippen molar-refractivity contribution in [1.29, 1.82) is 0 Å². The molecule has 0 saturated carbocycles. The minimum Gasteiger partial charge on any atom is -0.398 e. The third-order valence-corrected chi connectivity index (χ3v) is 2.43. The second kappa shape index (κ2) is 3.80. The second-order valence-corrected chi connectivity index (χ2v) is 3.86. The number of pyridine rings is 1. The number of anilines is 1. The highest BCUT2D eigenvalue weighted by Crippen LogP contribution is 2.24. The van der Waals surface area contributed by atoms with E-state index >= 15 is 0 Å². The summed E-state index contributed by atoms with van der Waals surface area (Å²) in [5.74, 6) is 0. The first-order valence-corrected chi connectivity index (χ1v) is 5.03. The van der Waals surface area contributed by atoms with Gasteiger partial charge < -0.3 is 5.73 Å². The first-order valence-electron chi connectivity index (χ1n) is 4.24. The molecule has 2 aromatic rings. The molecule has 2 nitrogen and oxygen atoms in total. The number of para-hydroxylation sites is 1. The minimum atomic E-state index is 0.752. The van der Waals surface area contributed by atoms with E-state index in [9.17, 15) is 0 Å². The Labute approximate surface area is 90.9 Å². The molecule has 14 heavy (non-hydrogen) atoms. The third kappa shape index (κ3) is 1.77. The van der Waals surface area contributed by atoms with E-state index in [1.54, 1.807) is 6.20 Å². The van der Waals surface area contributed by atoms with Gasteiger partial charge >= 0.3 is 0 Å². The summed E-state index contributed by atoms with van der Waals surface area (Å²) in [6.45, 7) is 0. The third-order valence-electron chi connectivity index (χ3n) is 1.96. The lowest BCUT2D eigenvalue weighted by molar-refractivity contribution is 1.31. The van der Waals surface area contributed by atoms with E-state index < -0.39 is 0 Å². The topological polar surface area (TPSA) is 38.9 Å². The summed E-state index contributed by atoms with van der Waals surface area (Å²) in [5, 5.41) is 0. The van der Waals surface area contributed by atoms with Crippen LogP contribution in [0.15, 0.2) is 47.1 Å². The number of halogens is 1. The normalized spacial score (nSPS) is 10.1. The van der Waals surface area contributed by atoms with Crippen molar-refractivity contribution in [2.24, 2.45) is 0 Å². The first-order chi connectivity index (χ1) is 6.77. The molecule has 1 heterocycles. The number of nitrogens with zero attached hydrogens (tertiary/aromatic N) is 1. The van der Waals surface area contributed by atoms with Gasteiger partial charge in [0.05, 0.1) is 5.69 Å². The van der Waals surface area contributed by atoms with Crippen LogP contribution in [0.5, 0.6) is 0 Å². The van der Waals surface area contributed by atoms with E-state index in [4.69, 9.17) is 5.73 Å². The van der Waals surface area contributed by atoms with Crippen molar-refractivity contribution in [3.63, 3.8) is 0 Å². The summed E-state index contributed by atoms with van der Waals surface area (Å²) in [5.41, 5.74) is 8.46. The Bertz CT molecular complexity index is 437. The molecular weight excluding hydrogens is 240 g/mol. The largest absolute Gasteiger partial charge is 0.398 e. The molecule has 0 atom stereocenters. The fraction of sp³-hybridized carbons (Fsp3) is 0. The van der Waals surface area contributed by atoms with Crippen LogP contribution < -0.4 is 5.73 Å². The number of rotatable bonds is 1. The summed E-state index contributed by atoms with van der Waals surface area (Å²) in [7, 11) is 0. The number of hydrogen-bond donors (Lipinski definition) is 1. The van der Waals surface area contributed by atoms with E-state index in [1.165, 1.54) is 0 Å². The fourth-order valence-corrected chi connectivity index (χ4v) is 1.50. The molecule has 0 radical (unpaired) electrons. The van der Waals surface area contributed by atoms with E-state index in [2.05, 4.69) is 20.9 Å². The molecule has 1 aromatic carbocycles. The maximum Gasteiger partial charge on any atom is 0.0723 e. The van der Waals surface area contributed by atoms with Gasteiger partial charge in [-0.2, -0.15) is 0 Å². The highest BCUT2D eigenvalue weighted by molar-refractivity contribution is 9.10. The van der Waals surface area contributed by atoms with Crippen LogP contribution in [-0.2, 0) is 0 Å². The summed E-state index contributed by atoms with van der Waals surface area (Å²) < 4.78 is 0.968. The summed E-state index contributed by atoms with van der Waals surface area (Å²) in [4.78, 5) is 4.28.